The van der Waals surface area contributed by atoms with Crippen LogP contribution in [0.5, 0.6) is 17.2 Å². The Kier molecular flexibility index (Phi) is 6.30. The summed E-state index contributed by atoms with van der Waals surface area (Å²) >= 11 is 0. The van der Waals surface area contributed by atoms with Crippen LogP contribution in [0.2, 0.25) is 0 Å². The Morgan fingerprint density at radius 3 is 1.97 bits per heavy atom. The molecule has 160 valence electrons. The summed E-state index contributed by atoms with van der Waals surface area (Å²) in [6, 6.07) is 16.9. The smallest absolute Gasteiger partial charge is 0.128 e. The average molecular weight is 407 g/mol. The normalized spacial score (nSPS) is 11.9. The Bertz CT molecular complexity index is 1020. The van der Waals surface area contributed by atoms with Crippen molar-refractivity contribution in [2.24, 2.45) is 0 Å². The van der Waals surface area contributed by atoms with Gasteiger partial charge in [0.2, 0.25) is 0 Å². The summed E-state index contributed by atoms with van der Waals surface area (Å²) in [4.78, 5) is 0. The average Bonchev–Trinajstić information content (AvgIpc) is 2.65. The number of benzene rings is 3. The summed E-state index contributed by atoms with van der Waals surface area (Å²) in [6.07, 6.45) is 0.200. The molecule has 0 radical (unpaired) electrons. The highest BCUT2D eigenvalue weighted by atomic mass is 16.5. The molecular formula is C27H34O3. The lowest BCUT2D eigenvalue weighted by atomic mass is 9.84. The summed E-state index contributed by atoms with van der Waals surface area (Å²) in [5.41, 5.74) is 3.33. The Hall–Kier alpha value is -2.68. The second-order valence-corrected chi connectivity index (χ2v) is 9.32. The maximum Gasteiger partial charge on any atom is 0.128 e. The Morgan fingerprint density at radius 2 is 1.37 bits per heavy atom. The zero-order valence-electron chi connectivity index (χ0n) is 19.5. The number of hydrogen-bond acceptors (Lipinski definition) is 3. The van der Waals surface area contributed by atoms with Crippen LogP contribution in [-0.2, 0) is 5.41 Å². The standard InChI is InChI=1S/C27H34O3/c1-17(2)29-21-12-9-19-10-14-25(30-18(3)4)26(22(19)16-21)20-11-13-24(28-8)23(15-20)27(5,6)7/h9-18H,1-8H3. The maximum atomic E-state index is 6.24. The van der Waals surface area contributed by atoms with Gasteiger partial charge >= 0.3 is 0 Å². The van der Waals surface area contributed by atoms with Crippen molar-refractivity contribution in [3.8, 4) is 28.4 Å². The minimum absolute atomic E-state index is 0.0447. The second-order valence-electron chi connectivity index (χ2n) is 9.32. The van der Waals surface area contributed by atoms with Crippen LogP contribution in [0.25, 0.3) is 21.9 Å². The van der Waals surface area contributed by atoms with Gasteiger partial charge in [-0.05, 0) is 79.8 Å². The van der Waals surface area contributed by atoms with Crippen molar-refractivity contribution < 1.29 is 14.2 Å². The van der Waals surface area contributed by atoms with Crippen LogP contribution in [0.15, 0.2) is 48.5 Å². The Balaban J connectivity index is 2.31. The minimum Gasteiger partial charge on any atom is -0.496 e. The first-order chi connectivity index (χ1) is 14.1. The molecule has 0 spiro atoms. The third-order valence-corrected chi connectivity index (χ3v) is 4.99. The maximum absolute atomic E-state index is 6.24. The monoisotopic (exact) mass is 406 g/mol. The SMILES string of the molecule is COc1ccc(-c2c(OC(C)C)ccc3ccc(OC(C)C)cc23)cc1C(C)(C)C. The van der Waals surface area contributed by atoms with Crippen LogP contribution in [0, 0.1) is 0 Å². The summed E-state index contributed by atoms with van der Waals surface area (Å²) in [7, 11) is 1.73. The largest absolute Gasteiger partial charge is 0.496 e. The zero-order valence-corrected chi connectivity index (χ0v) is 19.5. The van der Waals surface area contributed by atoms with E-state index in [-0.39, 0.29) is 17.6 Å². The highest BCUT2D eigenvalue weighted by Gasteiger charge is 2.22. The van der Waals surface area contributed by atoms with Crippen molar-refractivity contribution >= 4 is 10.8 Å². The van der Waals surface area contributed by atoms with E-state index in [0.29, 0.717) is 0 Å². The van der Waals surface area contributed by atoms with Gasteiger partial charge < -0.3 is 14.2 Å². The van der Waals surface area contributed by atoms with Crippen molar-refractivity contribution in [3.05, 3.63) is 54.1 Å². The van der Waals surface area contributed by atoms with Crippen LogP contribution in [0.1, 0.15) is 54.0 Å². The third kappa shape index (κ3) is 4.72. The van der Waals surface area contributed by atoms with E-state index in [1.54, 1.807) is 7.11 Å². The van der Waals surface area contributed by atoms with Crippen molar-refractivity contribution in [1.29, 1.82) is 0 Å². The summed E-state index contributed by atoms with van der Waals surface area (Å²) in [6.45, 7) is 14.8. The highest BCUT2D eigenvalue weighted by molar-refractivity contribution is 6.00. The molecule has 0 bridgehead atoms. The van der Waals surface area contributed by atoms with Crippen molar-refractivity contribution in [1.82, 2.24) is 0 Å². The molecule has 0 heterocycles. The first kappa shape index (κ1) is 22.0. The molecule has 0 atom stereocenters. The van der Waals surface area contributed by atoms with E-state index in [0.717, 1.165) is 39.1 Å². The Labute approximate surface area is 181 Å². The molecule has 30 heavy (non-hydrogen) atoms. The van der Waals surface area contributed by atoms with E-state index in [9.17, 15) is 0 Å². The lowest BCUT2D eigenvalue weighted by Gasteiger charge is -2.24. The molecule has 3 rings (SSSR count). The van der Waals surface area contributed by atoms with Crippen LogP contribution >= 0.6 is 0 Å². The predicted molar refractivity (Wildman–Crippen MR) is 126 cm³/mol. The fraction of sp³-hybridized carbons (Fsp3) is 0.407. The molecule has 0 aliphatic heterocycles. The van der Waals surface area contributed by atoms with E-state index in [1.807, 2.05) is 19.9 Å². The van der Waals surface area contributed by atoms with Crippen LogP contribution < -0.4 is 14.2 Å². The topological polar surface area (TPSA) is 27.7 Å². The molecule has 0 unspecified atom stereocenters. The second kappa shape index (κ2) is 8.59. The molecule has 0 saturated heterocycles. The molecular weight excluding hydrogens is 372 g/mol. The summed E-state index contributed by atoms with van der Waals surface area (Å²) in [5.74, 6) is 2.65. The van der Waals surface area contributed by atoms with Gasteiger partial charge in [-0.15, -0.1) is 0 Å². The lowest BCUT2D eigenvalue weighted by Crippen LogP contribution is -2.13. The number of methoxy groups -OCH3 is 1. The van der Waals surface area contributed by atoms with Crippen molar-refractivity contribution in [2.45, 2.75) is 66.1 Å². The molecule has 0 aliphatic carbocycles. The molecule has 3 aromatic rings. The first-order valence-electron chi connectivity index (χ1n) is 10.7. The molecule has 3 aromatic carbocycles. The minimum atomic E-state index is -0.0447. The molecule has 0 aliphatic rings. The van der Waals surface area contributed by atoms with Gasteiger partial charge in [-0.2, -0.15) is 0 Å². The van der Waals surface area contributed by atoms with Crippen LogP contribution in [0.3, 0.4) is 0 Å². The molecule has 0 N–H and O–H groups in total. The van der Waals surface area contributed by atoms with E-state index in [4.69, 9.17) is 14.2 Å². The van der Waals surface area contributed by atoms with Crippen LogP contribution in [-0.4, -0.2) is 19.3 Å². The fourth-order valence-electron chi connectivity index (χ4n) is 3.72. The zero-order chi connectivity index (χ0) is 22.1. The number of fused-ring (bicyclic) bond motifs is 1. The molecule has 0 fully saturated rings. The van der Waals surface area contributed by atoms with E-state index in [1.165, 1.54) is 5.56 Å². The van der Waals surface area contributed by atoms with Gasteiger partial charge in [0, 0.05) is 11.1 Å². The van der Waals surface area contributed by atoms with E-state index in [2.05, 4.69) is 77.1 Å². The molecule has 3 nitrogen and oxygen atoms in total. The van der Waals surface area contributed by atoms with Gasteiger partial charge in [0.15, 0.2) is 0 Å². The predicted octanol–water partition coefficient (Wildman–Crippen LogP) is 7.39. The molecule has 3 heteroatoms. The number of rotatable bonds is 6. The quantitative estimate of drug-likeness (QED) is 0.427. The highest BCUT2D eigenvalue weighted by Crippen LogP contribution is 2.42. The van der Waals surface area contributed by atoms with Crippen LogP contribution in [0.4, 0.5) is 0 Å². The molecule has 0 aromatic heterocycles. The van der Waals surface area contributed by atoms with E-state index >= 15 is 0 Å². The van der Waals surface area contributed by atoms with Gasteiger partial charge in [0.25, 0.3) is 0 Å². The lowest BCUT2D eigenvalue weighted by molar-refractivity contribution is 0.242. The van der Waals surface area contributed by atoms with E-state index < -0.39 is 0 Å². The third-order valence-electron chi connectivity index (χ3n) is 4.99. The van der Waals surface area contributed by atoms with Crippen molar-refractivity contribution in [3.63, 3.8) is 0 Å². The Morgan fingerprint density at radius 1 is 0.733 bits per heavy atom. The number of ether oxygens (including phenoxy) is 3. The molecule has 0 saturated carbocycles. The van der Waals surface area contributed by atoms with Gasteiger partial charge in [0.1, 0.15) is 17.2 Å². The first-order valence-corrected chi connectivity index (χ1v) is 10.7. The summed E-state index contributed by atoms with van der Waals surface area (Å²) in [5, 5.41) is 2.28. The summed E-state index contributed by atoms with van der Waals surface area (Å²) < 4.78 is 17.9. The van der Waals surface area contributed by atoms with Gasteiger partial charge in [0.05, 0.1) is 19.3 Å². The van der Waals surface area contributed by atoms with Gasteiger partial charge in [-0.3, -0.25) is 0 Å². The van der Waals surface area contributed by atoms with Gasteiger partial charge in [-0.25, -0.2) is 0 Å². The number of hydrogen-bond donors (Lipinski definition) is 0. The molecule has 0 amide bonds. The van der Waals surface area contributed by atoms with Gasteiger partial charge in [-0.1, -0.05) is 39.0 Å². The van der Waals surface area contributed by atoms with Crippen molar-refractivity contribution in [2.75, 3.05) is 7.11 Å². The fourth-order valence-corrected chi connectivity index (χ4v) is 3.72.